The van der Waals surface area contributed by atoms with Gasteiger partial charge < -0.3 is 16.2 Å². The molecule has 1 amide bonds. The van der Waals surface area contributed by atoms with Crippen LogP contribution in [0, 0.1) is 0 Å². The van der Waals surface area contributed by atoms with Gasteiger partial charge in [-0.1, -0.05) is 30.3 Å². The first-order valence-electron chi connectivity index (χ1n) is 5.47. The van der Waals surface area contributed by atoms with Gasteiger partial charge in [-0.05, 0) is 24.8 Å². The van der Waals surface area contributed by atoms with Crippen molar-refractivity contribution in [2.24, 2.45) is 5.73 Å². The van der Waals surface area contributed by atoms with Crippen LogP contribution in [0.3, 0.4) is 0 Å². The number of rotatable bonds is 6. The summed E-state index contributed by atoms with van der Waals surface area (Å²) < 4.78 is 0. The average molecular weight is 222 g/mol. The Bertz CT molecular complexity index is 314. The molecule has 0 aliphatic carbocycles. The summed E-state index contributed by atoms with van der Waals surface area (Å²) in [5.41, 5.74) is 7.13. The highest BCUT2D eigenvalue weighted by atomic mass is 16.4. The van der Waals surface area contributed by atoms with E-state index in [0.29, 0.717) is 6.54 Å². The Hall–Kier alpha value is -1.55. The van der Waals surface area contributed by atoms with E-state index >= 15 is 0 Å². The molecule has 88 valence electrons. The molecule has 1 rings (SSSR count). The third-order valence-electron chi connectivity index (χ3n) is 2.45. The van der Waals surface area contributed by atoms with E-state index in [9.17, 15) is 4.79 Å². The molecule has 0 radical (unpaired) electrons. The number of hydrogen-bond acceptors (Lipinski definition) is 2. The molecule has 1 unspecified atom stereocenters. The zero-order valence-electron chi connectivity index (χ0n) is 9.23. The molecule has 0 bridgehead atoms. The number of amides is 1. The van der Waals surface area contributed by atoms with Crippen LogP contribution in [0.2, 0.25) is 0 Å². The summed E-state index contributed by atoms with van der Waals surface area (Å²) in [6.07, 6.45) is 1.67. The van der Waals surface area contributed by atoms with E-state index in [4.69, 9.17) is 10.8 Å². The number of carboxylic acid groups (broad SMARTS) is 1. The van der Waals surface area contributed by atoms with Crippen LogP contribution >= 0.6 is 0 Å². The molecule has 0 aromatic heterocycles. The Morgan fingerprint density at radius 1 is 1.31 bits per heavy atom. The van der Waals surface area contributed by atoms with Gasteiger partial charge in [0.05, 0.1) is 0 Å². The molecule has 1 aromatic carbocycles. The molecule has 0 aliphatic rings. The maximum atomic E-state index is 10.2. The van der Waals surface area contributed by atoms with E-state index in [1.807, 2.05) is 30.3 Å². The Kier molecular flexibility index (Phi) is 5.36. The van der Waals surface area contributed by atoms with Crippen LogP contribution in [-0.2, 0) is 0 Å². The van der Waals surface area contributed by atoms with E-state index in [-0.39, 0.29) is 6.04 Å². The third-order valence-corrected chi connectivity index (χ3v) is 2.45. The molecule has 1 atom stereocenters. The molecule has 1 aromatic rings. The third kappa shape index (κ3) is 4.79. The molecule has 0 heterocycles. The fraction of sp³-hybridized carbons (Fsp3) is 0.417. The fourth-order valence-corrected chi connectivity index (χ4v) is 1.55. The van der Waals surface area contributed by atoms with Crippen molar-refractivity contribution in [3.63, 3.8) is 0 Å². The van der Waals surface area contributed by atoms with Crippen LogP contribution in [0.15, 0.2) is 30.3 Å². The van der Waals surface area contributed by atoms with E-state index in [1.54, 1.807) is 0 Å². The second-order valence-corrected chi connectivity index (χ2v) is 3.74. The van der Waals surface area contributed by atoms with Gasteiger partial charge in [-0.25, -0.2) is 4.79 Å². The molecule has 0 aliphatic heterocycles. The minimum Gasteiger partial charge on any atom is -0.465 e. The van der Waals surface area contributed by atoms with Gasteiger partial charge in [-0.3, -0.25) is 0 Å². The van der Waals surface area contributed by atoms with E-state index in [2.05, 4.69) is 5.32 Å². The number of unbranched alkanes of at least 4 members (excludes halogenated alkanes) is 1. The molecule has 4 N–H and O–H groups in total. The zero-order valence-corrected chi connectivity index (χ0v) is 9.23. The summed E-state index contributed by atoms with van der Waals surface area (Å²) in [6.45, 7) is 0.497. The van der Waals surface area contributed by atoms with Crippen molar-refractivity contribution in [2.45, 2.75) is 25.3 Å². The molecule has 4 nitrogen and oxygen atoms in total. The second-order valence-electron chi connectivity index (χ2n) is 3.74. The first-order chi connectivity index (χ1) is 7.70. The van der Waals surface area contributed by atoms with Gasteiger partial charge in [0.25, 0.3) is 0 Å². The van der Waals surface area contributed by atoms with E-state index in [0.717, 1.165) is 24.8 Å². The number of hydrogen-bond donors (Lipinski definition) is 3. The summed E-state index contributed by atoms with van der Waals surface area (Å²) in [5.74, 6) is 0. The van der Waals surface area contributed by atoms with Crippen molar-refractivity contribution in [3.05, 3.63) is 35.9 Å². The lowest BCUT2D eigenvalue weighted by atomic mass is 10.0. The van der Waals surface area contributed by atoms with Gasteiger partial charge in [0.1, 0.15) is 0 Å². The summed E-state index contributed by atoms with van der Waals surface area (Å²) in [5, 5.41) is 10.7. The van der Waals surface area contributed by atoms with Crippen LogP contribution in [0.25, 0.3) is 0 Å². The molecule has 0 saturated carbocycles. The lowest BCUT2D eigenvalue weighted by molar-refractivity contribution is 0.194. The maximum absolute atomic E-state index is 10.2. The number of nitrogens with two attached hydrogens (primary N) is 1. The topological polar surface area (TPSA) is 75.3 Å². The van der Waals surface area contributed by atoms with Crippen LogP contribution < -0.4 is 11.1 Å². The fourth-order valence-electron chi connectivity index (χ4n) is 1.55. The number of benzene rings is 1. The molecule has 0 spiro atoms. The van der Waals surface area contributed by atoms with Crippen LogP contribution in [0.1, 0.15) is 30.9 Å². The van der Waals surface area contributed by atoms with Crippen molar-refractivity contribution in [3.8, 4) is 0 Å². The molecule has 0 saturated heterocycles. The molecule has 0 fully saturated rings. The predicted molar refractivity (Wildman–Crippen MR) is 63.2 cm³/mol. The quantitative estimate of drug-likeness (QED) is 0.645. The minimum absolute atomic E-state index is 0.0472. The summed E-state index contributed by atoms with van der Waals surface area (Å²) in [6, 6.07) is 9.99. The van der Waals surface area contributed by atoms with Crippen molar-refractivity contribution in [1.82, 2.24) is 5.32 Å². The number of nitrogens with one attached hydrogen (secondary N) is 1. The molecule has 16 heavy (non-hydrogen) atoms. The lowest BCUT2D eigenvalue weighted by Gasteiger charge is -2.11. The Balaban J connectivity index is 2.16. The second kappa shape index (κ2) is 6.85. The van der Waals surface area contributed by atoms with Gasteiger partial charge in [-0.2, -0.15) is 0 Å². The van der Waals surface area contributed by atoms with Crippen molar-refractivity contribution in [1.29, 1.82) is 0 Å². The van der Waals surface area contributed by atoms with Gasteiger partial charge in [0.15, 0.2) is 0 Å². The van der Waals surface area contributed by atoms with Gasteiger partial charge >= 0.3 is 6.09 Å². The molecular weight excluding hydrogens is 204 g/mol. The summed E-state index contributed by atoms with van der Waals surface area (Å²) in [4.78, 5) is 10.2. The van der Waals surface area contributed by atoms with Crippen molar-refractivity contribution >= 4 is 6.09 Å². The zero-order chi connectivity index (χ0) is 11.8. The Labute approximate surface area is 95.5 Å². The normalized spacial score (nSPS) is 12.1. The van der Waals surface area contributed by atoms with Gasteiger partial charge in [-0.15, -0.1) is 0 Å². The summed E-state index contributed by atoms with van der Waals surface area (Å²) >= 11 is 0. The largest absolute Gasteiger partial charge is 0.465 e. The van der Waals surface area contributed by atoms with Crippen LogP contribution in [0.5, 0.6) is 0 Å². The highest BCUT2D eigenvalue weighted by molar-refractivity contribution is 5.64. The van der Waals surface area contributed by atoms with E-state index in [1.165, 1.54) is 0 Å². The van der Waals surface area contributed by atoms with E-state index < -0.39 is 6.09 Å². The highest BCUT2D eigenvalue weighted by Crippen LogP contribution is 2.15. The maximum Gasteiger partial charge on any atom is 0.404 e. The predicted octanol–water partition coefficient (Wildman–Crippen LogP) is 2.12. The van der Waals surface area contributed by atoms with Gasteiger partial charge in [0, 0.05) is 12.6 Å². The molecule has 4 heteroatoms. The Morgan fingerprint density at radius 2 is 2.00 bits per heavy atom. The van der Waals surface area contributed by atoms with Crippen molar-refractivity contribution < 1.29 is 9.90 Å². The van der Waals surface area contributed by atoms with Crippen molar-refractivity contribution in [2.75, 3.05) is 6.54 Å². The standard InChI is InChI=1S/C12H18N2O2/c13-11(10-6-2-1-3-7-10)8-4-5-9-14-12(15)16/h1-3,6-7,11,14H,4-5,8-9,13H2,(H,15,16). The van der Waals surface area contributed by atoms with Gasteiger partial charge in [0.2, 0.25) is 0 Å². The number of carbonyl (C=O) groups is 1. The highest BCUT2D eigenvalue weighted by Gasteiger charge is 2.04. The SMILES string of the molecule is NC(CCCCNC(=O)O)c1ccccc1. The smallest absolute Gasteiger partial charge is 0.404 e. The summed E-state index contributed by atoms with van der Waals surface area (Å²) in [7, 11) is 0. The lowest BCUT2D eigenvalue weighted by Crippen LogP contribution is -2.22. The average Bonchev–Trinajstić information content (AvgIpc) is 2.29. The van der Waals surface area contributed by atoms with Crippen LogP contribution in [0.4, 0.5) is 4.79 Å². The first kappa shape index (κ1) is 12.5. The Morgan fingerprint density at radius 3 is 2.62 bits per heavy atom. The first-order valence-corrected chi connectivity index (χ1v) is 5.47. The monoisotopic (exact) mass is 222 g/mol. The molecular formula is C12H18N2O2. The minimum atomic E-state index is -0.965. The van der Waals surface area contributed by atoms with Crippen LogP contribution in [-0.4, -0.2) is 17.7 Å².